The maximum Gasteiger partial charge on any atom is 0.417 e. The van der Waals surface area contributed by atoms with Gasteiger partial charge in [0.25, 0.3) is 5.91 Å². The van der Waals surface area contributed by atoms with Gasteiger partial charge < -0.3 is 9.64 Å². The lowest BCUT2D eigenvalue weighted by atomic mass is 10.0. The Morgan fingerprint density at radius 1 is 1.08 bits per heavy atom. The van der Waals surface area contributed by atoms with Gasteiger partial charge in [0.2, 0.25) is 0 Å². The van der Waals surface area contributed by atoms with Gasteiger partial charge in [0, 0.05) is 5.69 Å². The van der Waals surface area contributed by atoms with E-state index in [0.717, 1.165) is 29.9 Å². The van der Waals surface area contributed by atoms with Crippen molar-refractivity contribution in [3.05, 3.63) is 58.9 Å². The first-order chi connectivity index (χ1) is 17.2. The minimum absolute atomic E-state index is 0.136. The van der Waals surface area contributed by atoms with Crippen LogP contribution in [0.1, 0.15) is 67.9 Å². The fourth-order valence-corrected chi connectivity index (χ4v) is 5.29. The summed E-state index contributed by atoms with van der Waals surface area (Å²) in [6, 6.07) is 8.02. The lowest BCUT2D eigenvalue weighted by Crippen LogP contribution is -2.44. The zero-order valence-corrected chi connectivity index (χ0v) is 21.1. The third kappa shape index (κ3) is 4.66. The van der Waals surface area contributed by atoms with Gasteiger partial charge in [-0.1, -0.05) is 0 Å². The number of rotatable bonds is 4. The van der Waals surface area contributed by atoms with Gasteiger partial charge in [-0.15, -0.1) is 0 Å². The molecule has 11 heteroatoms. The van der Waals surface area contributed by atoms with E-state index in [9.17, 15) is 22.8 Å². The molecule has 0 unspecified atom stereocenters. The second-order valence-corrected chi connectivity index (χ2v) is 10.2. The summed E-state index contributed by atoms with van der Waals surface area (Å²) in [5.41, 5.74) is -4.16. The number of carbonyl (C=O) groups is 2. The van der Waals surface area contributed by atoms with E-state index in [1.807, 2.05) is 6.92 Å². The van der Waals surface area contributed by atoms with Crippen molar-refractivity contribution in [1.82, 2.24) is 0 Å². The Morgan fingerprint density at radius 3 is 2.27 bits per heavy atom. The van der Waals surface area contributed by atoms with E-state index in [0.29, 0.717) is 18.9 Å². The molecular formula is C26H23F4N3O3S. The third-order valence-electron chi connectivity index (χ3n) is 6.79. The molecule has 2 fully saturated rings. The van der Waals surface area contributed by atoms with E-state index in [1.165, 1.54) is 43.0 Å². The van der Waals surface area contributed by atoms with E-state index in [-0.39, 0.29) is 22.1 Å². The average Bonchev–Trinajstić information content (AvgIpc) is 3.30. The molecule has 2 aromatic rings. The highest BCUT2D eigenvalue weighted by molar-refractivity contribution is 7.81. The number of hydrogen-bond donors (Lipinski definition) is 0. The van der Waals surface area contributed by atoms with Crippen LogP contribution < -0.4 is 9.80 Å². The predicted octanol–water partition coefficient (Wildman–Crippen LogP) is 6.12. The SMILES string of the molecule is CC1(OC(=O)c2ccc(N3C(=S)N(c4ccc(C#N)c(C(F)(F)F)c4)C(=O)C3(C)C)cc2F)CCCC1. The fourth-order valence-electron chi connectivity index (χ4n) is 4.77. The molecule has 1 amide bonds. The number of thiocarbonyl (C=S) groups is 1. The quantitative estimate of drug-likeness (QED) is 0.268. The van der Waals surface area contributed by atoms with Gasteiger partial charge in [0.15, 0.2) is 5.11 Å². The summed E-state index contributed by atoms with van der Waals surface area (Å²) < 4.78 is 61.2. The van der Waals surface area contributed by atoms with Crippen LogP contribution >= 0.6 is 12.2 Å². The molecule has 194 valence electrons. The normalized spacial score (nSPS) is 18.8. The summed E-state index contributed by atoms with van der Waals surface area (Å²) in [5, 5.41) is 8.88. The molecule has 0 spiro atoms. The molecule has 2 aliphatic rings. The smallest absolute Gasteiger partial charge is 0.417 e. The van der Waals surface area contributed by atoms with Crippen molar-refractivity contribution in [2.24, 2.45) is 0 Å². The Bertz CT molecular complexity index is 1340. The summed E-state index contributed by atoms with van der Waals surface area (Å²) in [7, 11) is 0. The highest BCUT2D eigenvalue weighted by Gasteiger charge is 2.51. The van der Waals surface area contributed by atoms with Crippen LogP contribution in [0.3, 0.4) is 0 Å². The standard InChI is InChI=1S/C26H23F4N3O3S/c1-24(2)22(35)32(16-7-6-15(14-31)19(12-16)26(28,29)30)23(37)33(24)17-8-9-18(20(27)13-17)21(34)36-25(3)10-4-5-11-25/h6-9,12-13H,4-5,10-11H2,1-3H3. The highest BCUT2D eigenvalue weighted by Crippen LogP contribution is 2.40. The van der Waals surface area contributed by atoms with Gasteiger partial charge in [-0.05, 0) is 95.1 Å². The molecule has 2 aromatic carbocycles. The largest absolute Gasteiger partial charge is 0.456 e. The predicted molar refractivity (Wildman–Crippen MR) is 131 cm³/mol. The van der Waals surface area contributed by atoms with E-state index in [1.54, 1.807) is 0 Å². The number of amides is 1. The first kappa shape index (κ1) is 26.5. The number of halogens is 4. The van der Waals surface area contributed by atoms with Gasteiger partial charge >= 0.3 is 12.1 Å². The van der Waals surface area contributed by atoms with Crippen LogP contribution in [0, 0.1) is 17.1 Å². The summed E-state index contributed by atoms with van der Waals surface area (Å²) in [6.45, 7) is 4.80. The summed E-state index contributed by atoms with van der Waals surface area (Å²) in [5.74, 6) is -2.33. The number of anilines is 2. The molecule has 0 bridgehead atoms. The van der Waals surface area contributed by atoms with Crippen LogP contribution in [0.15, 0.2) is 36.4 Å². The molecule has 1 aliphatic carbocycles. The molecule has 0 aromatic heterocycles. The molecule has 1 heterocycles. The van der Waals surface area contributed by atoms with Gasteiger partial charge in [0.1, 0.15) is 17.0 Å². The molecule has 0 N–H and O–H groups in total. The van der Waals surface area contributed by atoms with Crippen molar-refractivity contribution >= 4 is 40.6 Å². The lowest BCUT2D eigenvalue weighted by molar-refractivity contribution is -0.137. The first-order valence-corrected chi connectivity index (χ1v) is 11.9. The van der Waals surface area contributed by atoms with Crippen molar-refractivity contribution in [3.8, 4) is 6.07 Å². The van der Waals surface area contributed by atoms with Gasteiger partial charge in [0.05, 0.1) is 28.4 Å². The molecule has 37 heavy (non-hydrogen) atoms. The van der Waals surface area contributed by atoms with Crippen molar-refractivity contribution < 1.29 is 31.9 Å². The van der Waals surface area contributed by atoms with E-state index in [2.05, 4.69) is 0 Å². The van der Waals surface area contributed by atoms with Crippen LogP contribution in [0.4, 0.5) is 28.9 Å². The molecule has 1 saturated heterocycles. The minimum Gasteiger partial charge on any atom is -0.456 e. The number of nitriles is 1. The number of hydrogen-bond acceptors (Lipinski definition) is 5. The van der Waals surface area contributed by atoms with E-state index in [4.69, 9.17) is 22.2 Å². The lowest BCUT2D eigenvalue weighted by Gasteiger charge is -2.29. The summed E-state index contributed by atoms with van der Waals surface area (Å²) >= 11 is 5.46. The molecule has 6 nitrogen and oxygen atoms in total. The molecule has 0 atom stereocenters. The molecular weight excluding hydrogens is 510 g/mol. The average molecular weight is 534 g/mol. The molecule has 1 saturated carbocycles. The summed E-state index contributed by atoms with van der Waals surface area (Å²) in [6.07, 6.45) is -1.61. The number of nitrogens with zero attached hydrogens (tertiary/aromatic N) is 3. The highest BCUT2D eigenvalue weighted by atomic mass is 32.1. The van der Waals surface area contributed by atoms with E-state index >= 15 is 4.39 Å². The van der Waals surface area contributed by atoms with Crippen LogP contribution in [0.2, 0.25) is 0 Å². The zero-order valence-electron chi connectivity index (χ0n) is 20.3. The Labute approximate surface area is 216 Å². The van der Waals surface area contributed by atoms with Crippen LogP contribution in [0.5, 0.6) is 0 Å². The molecule has 1 aliphatic heterocycles. The maximum absolute atomic E-state index is 15.1. The second-order valence-electron chi connectivity index (χ2n) is 9.87. The number of carbonyl (C=O) groups excluding carboxylic acids is 2. The Kier molecular flexibility index (Phi) is 6.53. The van der Waals surface area contributed by atoms with Crippen molar-refractivity contribution in [1.29, 1.82) is 5.26 Å². The van der Waals surface area contributed by atoms with Gasteiger partial charge in [-0.25, -0.2) is 9.18 Å². The minimum atomic E-state index is -4.83. The topological polar surface area (TPSA) is 73.6 Å². The molecule has 4 rings (SSSR count). The first-order valence-electron chi connectivity index (χ1n) is 11.5. The van der Waals surface area contributed by atoms with Crippen molar-refractivity contribution in [2.45, 2.75) is 63.8 Å². The maximum atomic E-state index is 15.1. The third-order valence-corrected chi connectivity index (χ3v) is 7.15. The number of ether oxygens (including phenoxy) is 1. The Hall–Kier alpha value is -3.52. The van der Waals surface area contributed by atoms with Crippen LogP contribution in [0.25, 0.3) is 0 Å². The summed E-state index contributed by atoms with van der Waals surface area (Å²) in [4.78, 5) is 28.2. The van der Waals surface area contributed by atoms with Crippen molar-refractivity contribution in [2.75, 3.05) is 9.80 Å². The molecule has 0 radical (unpaired) electrons. The van der Waals surface area contributed by atoms with Gasteiger partial charge in [-0.3, -0.25) is 9.69 Å². The monoisotopic (exact) mass is 533 g/mol. The number of benzene rings is 2. The Morgan fingerprint density at radius 2 is 1.70 bits per heavy atom. The fraction of sp³-hybridized carbons (Fsp3) is 0.385. The number of alkyl halides is 3. The number of esters is 1. The van der Waals surface area contributed by atoms with Crippen molar-refractivity contribution in [3.63, 3.8) is 0 Å². The van der Waals surface area contributed by atoms with Gasteiger partial charge in [-0.2, -0.15) is 18.4 Å². The Balaban J connectivity index is 1.68. The zero-order chi connectivity index (χ0) is 27.3. The van der Waals surface area contributed by atoms with Crippen LogP contribution in [-0.4, -0.2) is 28.1 Å². The second kappa shape index (κ2) is 9.10. The van der Waals surface area contributed by atoms with E-state index < -0.39 is 46.1 Å². The van der Waals surface area contributed by atoms with Crippen LogP contribution in [-0.2, 0) is 15.7 Å².